The summed E-state index contributed by atoms with van der Waals surface area (Å²) < 4.78 is 4.96. The van der Waals surface area contributed by atoms with E-state index in [1.165, 1.54) is 6.07 Å². The van der Waals surface area contributed by atoms with Gasteiger partial charge in [0.25, 0.3) is 5.91 Å². The molecule has 1 aromatic carbocycles. The van der Waals surface area contributed by atoms with Crippen LogP contribution in [0.1, 0.15) is 0 Å². The van der Waals surface area contributed by atoms with E-state index in [1.807, 2.05) is 5.92 Å². The van der Waals surface area contributed by atoms with Gasteiger partial charge in [-0.2, -0.15) is 0 Å². The van der Waals surface area contributed by atoms with Crippen molar-refractivity contribution in [1.29, 1.82) is 0 Å². The molecule has 2 N–H and O–H groups in total. The number of nitrogens with one attached hydrogen (secondary N) is 1. The molecule has 0 heterocycles. The first-order valence-corrected chi connectivity index (χ1v) is 4.34. The van der Waals surface area contributed by atoms with E-state index in [9.17, 15) is 9.59 Å². The number of aliphatic carboxylic acids is 1. The molecule has 0 spiro atoms. The van der Waals surface area contributed by atoms with Crippen molar-refractivity contribution in [2.75, 3.05) is 11.9 Å². The molecule has 1 aromatic rings. The molecule has 0 radical (unpaired) electrons. The lowest BCUT2D eigenvalue weighted by Crippen LogP contribution is -2.13. The number of hydrogen-bond acceptors (Lipinski definition) is 3. The SMILES string of the molecule is C#CC(=O)Nc1ccccc1OCC(=O)O. The van der Waals surface area contributed by atoms with Crippen molar-refractivity contribution >= 4 is 17.6 Å². The number of carbonyl (C=O) groups excluding carboxylic acids is 1. The van der Waals surface area contributed by atoms with Gasteiger partial charge in [-0.15, -0.1) is 6.42 Å². The van der Waals surface area contributed by atoms with Crippen molar-refractivity contribution in [1.82, 2.24) is 0 Å². The molecule has 1 amide bonds. The molecule has 0 saturated carbocycles. The Labute approximate surface area is 92.0 Å². The smallest absolute Gasteiger partial charge is 0.341 e. The topological polar surface area (TPSA) is 75.6 Å². The Hall–Kier alpha value is -2.48. The highest BCUT2D eigenvalue weighted by atomic mass is 16.5. The van der Waals surface area contributed by atoms with Gasteiger partial charge in [-0.3, -0.25) is 4.79 Å². The predicted molar refractivity (Wildman–Crippen MR) is 57.0 cm³/mol. The minimum Gasteiger partial charge on any atom is -0.480 e. The van der Waals surface area contributed by atoms with Gasteiger partial charge in [0.2, 0.25) is 0 Å². The Morgan fingerprint density at radius 2 is 2.12 bits per heavy atom. The first-order valence-electron chi connectivity index (χ1n) is 4.34. The largest absolute Gasteiger partial charge is 0.480 e. The first kappa shape index (κ1) is 11.6. The third kappa shape index (κ3) is 3.35. The molecule has 0 aliphatic heterocycles. The quantitative estimate of drug-likeness (QED) is 0.731. The molecule has 0 atom stereocenters. The zero-order chi connectivity index (χ0) is 12.0. The number of rotatable bonds is 4. The van der Waals surface area contributed by atoms with E-state index in [4.69, 9.17) is 16.3 Å². The van der Waals surface area contributed by atoms with Crippen LogP contribution in [0.2, 0.25) is 0 Å². The average Bonchev–Trinajstić information content (AvgIpc) is 2.27. The number of amides is 1. The van der Waals surface area contributed by atoms with Crippen LogP contribution in [0.3, 0.4) is 0 Å². The van der Waals surface area contributed by atoms with E-state index in [2.05, 4.69) is 5.32 Å². The Balaban J connectivity index is 2.79. The predicted octanol–water partition coefficient (Wildman–Crippen LogP) is 0.722. The monoisotopic (exact) mass is 219 g/mol. The van der Waals surface area contributed by atoms with E-state index < -0.39 is 18.5 Å². The van der Waals surface area contributed by atoms with Crippen LogP contribution >= 0.6 is 0 Å². The van der Waals surface area contributed by atoms with E-state index >= 15 is 0 Å². The summed E-state index contributed by atoms with van der Waals surface area (Å²) in [7, 11) is 0. The second kappa shape index (κ2) is 5.41. The molecule has 0 fully saturated rings. The summed E-state index contributed by atoms with van der Waals surface area (Å²) in [5.41, 5.74) is 0.340. The molecule has 5 nitrogen and oxygen atoms in total. The molecule has 82 valence electrons. The van der Waals surface area contributed by atoms with Gasteiger partial charge in [0.15, 0.2) is 6.61 Å². The normalized spacial score (nSPS) is 8.94. The lowest BCUT2D eigenvalue weighted by molar-refractivity contribution is -0.139. The highest BCUT2D eigenvalue weighted by molar-refractivity contribution is 6.04. The zero-order valence-electron chi connectivity index (χ0n) is 8.27. The molecule has 0 aliphatic carbocycles. The maximum Gasteiger partial charge on any atom is 0.341 e. The second-order valence-electron chi connectivity index (χ2n) is 2.78. The minimum atomic E-state index is -1.10. The fraction of sp³-hybridized carbons (Fsp3) is 0.0909. The van der Waals surface area contributed by atoms with E-state index in [-0.39, 0.29) is 5.75 Å². The van der Waals surface area contributed by atoms with E-state index in [1.54, 1.807) is 18.2 Å². The Bertz CT molecular complexity index is 448. The zero-order valence-corrected chi connectivity index (χ0v) is 8.27. The van der Waals surface area contributed by atoms with E-state index in [0.717, 1.165) is 0 Å². The van der Waals surface area contributed by atoms with Gasteiger partial charge in [-0.05, 0) is 18.1 Å². The summed E-state index contributed by atoms with van der Waals surface area (Å²) >= 11 is 0. The summed E-state index contributed by atoms with van der Waals surface area (Å²) in [5.74, 6) is 0.423. The molecule has 0 unspecified atom stereocenters. The van der Waals surface area contributed by atoms with Gasteiger partial charge in [0.05, 0.1) is 5.69 Å². The maximum atomic E-state index is 11.0. The standard InChI is InChI=1S/C11H9NO4/c1-2-10(13)12-8-5-3-4-6-9(8)16-7-11(14)15/h1,3-6H,7H2,(H,12,13)(H,14,15). The van der Waals surface area contributed by atoms with Gasteiger partial charge in [-0.1, -0.05) is 12.1 Å². The summed E-state index contributed by atoms with van der Waals surface area (Å²) in [6.07, 6.45) is 4.90. The van der Waals surface area contributed by atoms with Gasteiger partial charge in [-0.25, -0.2) is 4.79 Å². The number of ether oxygens (including phenoxy) is 1. The van der Waals surface area contributed by atoms with Crippen molar-refractivity contribution in [3.05, 3.63) is 24.3 Å². The molecule has 1 rings (SSSR count). The minimum absolute atomic E-state index is 0.258. The molecule has 5 heteroatoms. The molecule has 0 aromatic heterocycles. The van der Waals surface area contributed by atoms with Crippen molar-refractivity contribution in [2.45, 2.75) is 0 Å². The summed E-state index contributed by atoms with van der Waals surface area (Å²) in [6, 6.07) is 6.42. The molecule has 0 aliphatic rings. The number of carboxylic acids is 1. The number of anilines is 1. The van der Waals surface area contributed by atoms with Crippen LogP contribution in [0.4, 0.5) is 5.69 Å². The number of terminal acetylenes is 1. The third-order valence-electron chi connectivity index (χ3n) is 1.62. The first-order chi connectivity index (χ1) is 7.63. The van der Waals surface area contributed by atoms with E-state index in [0.29, 0.717) is 5.69 Å². The van der Waals surface area contributed by atoms with Crippen molar-refractivity contribution in [3.8, 4) is 18.1 Å². The Kier molecular flexibility index (Phi) is 3.92. The third-order valence-corrected chi connectivity index (χ3v) is 1.62. The van der Waals surface area contributed by atoms with Crippen LogP contribution in [0, 0.1) is 12.3 Å². The van der Waals surface area contributed by atoms with Crippen molar-refractivity contribution < 1.29 is 19.4 Å². The average molecular weight is 219 g/mol. The molecular formula is C11H9NO4. The molecule has 0 saturated heterocycles. The van der Waals surface area contributed by atoms with Gasteiger partial charge < -0.3 is 15.2 Å². The number of hydrogen-bond donors (Lipinski definition) is 2. The number of para-hydroxylation sites is 2. The van der Waals surface area contributed by atoms with Gasteiger partial charge in [0, 0.05) is 0 Å². The number of carboxylic acid groups (broad SMARTS) is 1. The van der Waals surface area contributed by atoms with Gasteiger partial charge in [0.1, 0.15) is 5.75 Å². The number of benzene rings is 1. The Morgan fingerprint density at radius 1 is 1.44 bits per heavy atom. The lowest BCUT2D eigenvalue weighted by Gasteiger charge is -2.09. The Morgan fingerprint density at radius 3 is 2.75 bits per heavy atom. The van der Waals surface area contributed by atoms with Crippen LogP contribution in [-0.4, -0.2) is 23.6 Å². The van der Waals surface area contributed by atoms with Crippen molar-refractivity contribution in [3.63, 3.8) is 0 Å². The van der Waals surface area contributed by atoms with Crippen LogP contribution in [0.25, 0.3) is 0 Å². The molecular weight excluding hydrogens is 210 g/mol. The highest BCUT2D eigenvalue weighted by Crippen LogP contribution is 2.23. The summed E-state index contributed by atoms with van der Waals surface area (Å²) in [6.45, 7) is -0.483. The van der Waals surface area contributed by atoms with Crippen LogP contribution in [0.5, 0.6) is 5.75 Å². The lowest BCUT2D eigenvalue weighted by atomic mass is 10.3. The van der Waals surface area contributed by atoms with Crippen LogP contribution in [-0.2, 0) is 9.59 Å². The second-order valence-corrected chi connectivity index (χ2v) is 2.78. The summed E-state index contributed by atoms with van der Waals surface area (Å²) in [4.78, 5) is 21.3. The van der Waals surface area contributed by atoms with Crippen LogP contribution < -0.4 is 10.1 Å². The fourth-order valence-electron chi connectivity index (χ4n) is 0.994. The van der Waals surface area contributed by atoms with Gasteiger partial charge >= 0.3 is 5.97 Å². The van der Waals surface area contributed by atoms with Crippen molar-refractivity contribution in [2.24, 2.45) is 0 Å². The fourth-order valence-corrected chi connectivity index (χ4v) is 0.994. The maximum absolute atomic E-state index is 11.0. The molecule has 16 heavy (non-hydrogen) atoms. The van der Waals surface area contributed by atoms with Crippen LogP contribution in [0.15, 0.2) is 24.3 Å². The molecule has 0 bridgehead atoms. The highest BCUT2D eigenvalue weighted by Gasteiger charge is 2.06. The number of carbonyl (C=O) groups is 2. The summed E-state index contributed by atoms with van der Waals surface area (Å²) in [5, 5.41) is 10.8.